The third-order valence-corrected chi connectivity index (χ3v) is 3.39. The van der Waals surface area contributed by atoms with Gasteiger partial charge in [0.15, 0.2) is 0 Å². The average molecular weight is 323 g/mol. The molecule has 0 N–H and O–H groups in total. The molecule has 0 bridgehead atoms. The Bertz CT molecular complexity index is 665. The monoisotopic (exact) mass is 322 g/mol. The fourth-order valence-corrected chi connectivity index (χ4v) is 2.41. The van der Waals surface area contributed by atoms with Crippen LogP contribution in [0.1, 0.15) is 17.1 Å². The molecule has 19 heavy (non-hydrogen) atoms. The highest BCUT2D eigenvalue weighted by Gasteiger charge is 2.08. The molecule has 0 radical (unpaired) electrons. The molecule has 0 saturated heterocycles. The van der Waals surface area contributed by atoms with Crippen LogP contribution in [-0.4, -0.2) is 16.7 Å². The molecule has 0 aliphatic rings. The predicted octanol–water partition coefficient (Wildman–Crippen LogP) is 2.68. The van der Waals surface area contributed by atoms with Gasteiger partial charge in [-0.2, -0.15) is 0 Å². The van der Waals surface area contributed by atoms with E-state index in [2.05, 4.69) is 20.9 Å². The summed E-state index contributed by atoms with van der Waals surface area (Å²) in [7, 11) is 1.62. The van der Waals surface area contributed by atoms with Crippen molar-refractivity contribution in [2.24, 2.45) is 0 Å². The first kappa shape index (κ1) is 13.8. The molecule has 0 amide bonds. The Labute approximate surface area is 120 Å². The van der Waals surface area contributed by atoms with Crippen LogP contribution in [0.15, 0.2) is 33.5 Å². The molecule has 0 aliphatic heterocycles. The van der Waals surface area contributed by atoms with Crippen LogP contribution in [0.25, 0.3) is 0 Å². The minimum atomic E-state index is -0.0490. The number of halogens is 1. The van der Waals surface area contributed by atoms with Crippen molar-refractivity contribution >= 4 is 15.9 Å². The maximum atomic E-state index is 12.0. The van der Waals surface area contributed by atoms with Crippen molar-refractivity contribution in [2.75, 3.05) is 7.11 Å². The predicted molar refractivity (Wildman–Crippen MR) is 77.8 cm³/mol. The van der Waals surface area contributed by atoms with Crippen molar-refractivity contribution in [3.8, 4) is 5.75 Å². The molecule has 4 nitrogen and oxygen atoms in total. The Kier molecular flexibility index (Phi) is 4.04. The topological polar surface area (TPSA) is 44.1 Å². The van der Waals surface area contributed by atoms with Gasteiger partial charge in [0.05, 0.1) is 13.7 Å². The number of rotatable bonds is 3. The maximum Gasteiger partial charge on any atom is 0.254 e. The van der Waals surface area contributed by atoms with Gasteiger partial charge in [-0.15, -0.1) is 0 Å². The molecule has 0 spiro atoms. The molecule has 1 heterocycles. The molecule has 5 heteroatoms. The third-order valence-electron chi connectivity index (χ3n) is 2.90. The fraction of sp³-hybridized carbons (Fsp3) is 0.286. The Morgan fingerprint density at radius 2 is 2.05 bits per heavy atom. The minimum Gasteiger partial charge on any atom is -0.496 e. The number of nitrogens with zero attached hydrogens (tertiary/aromatic N) is 2. The van der Waals surface area contributed by atoms with Crippen LogP contribution in [0.4, 0.5) is 0 Å². The van der Waals surface area contributed by atoms with Crippen LogP contribution in [0.2, 0.25) is 0 Å². The first-order chi connectivity index (χ1) is 9.01. The van der Waals surface area contributed by atoms with Gasteiger partial charge in [-0.1, -0.05) is 15.9 Å². The molecule has 100 valence electrons. The van der Waals surface area contributed by atoms with E-state index in [4.69, 9.17) is 4.74 Å². The molecule has 0 unspecified atom stereocenters. The van der Waals surface area contributed by atoms with Crippen LogP contribution < -0.4 is 10.3 Å². The normalized spacial score (nSPS) is 10.5. The Balaban J connectivity index is 2.47. The Morgan fingerprint density at radius 1 is 1.32 bits per heavy atom. The van der Waals surface area contributed by atoms with Gasteiger partial charge in [0.25, 0.3) is 5.56 Å². The van der Waals surface area contributed by atoms with E-state index < -0.39 is 0 Å². The average Bonchev–Trinajstić information content (AvgIpc) is 2.34. The van der Waals surface area contributed by atoms with Gasteiger partial charge in [0.2, 0.25) is 0 Å². The lowest BCUT2D eigenvalue weighted by Crippen LogP contribution is -2.24. The van der Waals surface area contributed by atoms with E-state index in [1.165, 1.54) is 6.07 Å². The second-order valence-electron chi connectivity index (χ2n) is 4.33. The highest BCUT2D eigenvalue weighted by Crippen LogP contribution is 2.23. The second-order valence-corrected chi connectivity index (χ2v) is 5.24. The van der Waals surface area contributed by atoms with Gasteiger partial charge in [-0.05, 0) is 32.0 Å². The van der Waals surface area contributed by atoms with Crippen LogP contribution >= 0.6 is 15.9 Å². The summed E-state index contributed by atoms with van der Waals surface area (Å²) >= 11 is 3.43. The summed E-state index contributed by atoms with van der Waals surface area (Å²) in [5, 5.41) is 0. The minimum absolute atomic E-state index is 0.0490. The number of methoxy groups -OCH3 is 1. The summed E-state index contributed by atoms with van der Waals surface area (Å²) in [5.41, 5.74) is 1.62. The second kappa shape index (κ2) is 5.57. The Hall–Kier alpha value is -1.62. The molecule has 0 aliphatic carbocycles. The molecule has 0 saturated carbocycles. The fourth-order valence-electron chi connectivity index (χ4n) is 2.00. The SMILES string of the molecule is COc1ccc(Br)cc1Cn1c(C)nc(C)cc1=O. The number of hydrogen-bond acceptors (Lipinski definition) is 3. The van der Waals surface area contributed by atoms with Gasteiger partial charge < -0.3 is 4.74 Å². The highest BCUT2D eigenvalue weighted by molar-refractivity contribution is 9.10. The van der Waals surface area contributed by atoms with E-state index in [0.717, 1.165) is 21.5 Å². The number of aryl methyl sites for hydroxylation is 2. The van der Waals surface area contributed by atoms with Crippen molar-refractivity contribution in [2.45, 2.75) is 20.4 Å². The molecule has 2 rings (SSSR count). The number of benzene rings is 1. The summed E-state index contributed by atoms with van der Waals surface area (Å²) in [6.45, 7) is 4.10. The molecular weight excluding hydrogens is 308 g/mol. The first-order valence-corrected chi connectivity index (χ1v) is 6.68. The standard InChI is InChI=1S/C14H15BrN2O2/c1-9-6-14(18)17(10(2)16-9)8-11-7-12(15)4-5-13(11)19-3/h4-7H,8H2,1-3H3. The van der Waals surface area contributed by atoms with Crippen molar-refractivity contribution in [3.05, 3.63) is 56.2 Å². The van der Waals surface area contributed by atoms with Gasteiger partial charge in [0, 0.05) is 21.8 Å². The van der Waals surface area contributed by atoms with E-state index in [1.54, 1.807) is 11.7 Å². The zero-order valence-corrected chi connectivity index (χ0v) is 12.7. The third kappa shape index (κ3) is 3.04. The van der Waals surface area contributed by atoms with Crippen LogP contribution in [0, 0.1) is 13.8 Å². The summed E-state index contributed by atoms with van der Waals surface area (Å²) in [6, 6.07) is 7.27. The van der Waals surface area contributed by atoms with Crippen molar-refractivity contribution in [1.82, 2.24) is 9.55 Å². The number of hydrogen-bond donors (Lipinski definition) is 0. The van der Waals surface area contributed by atoms with E-state index >= 15 is 0 Å². The number of ether oxygens (including phenoxy) is 1. The summed E-state index contributed by atoms with van der Waals surface area (Å²) in [5.74, 6) is 1.46. The van der Waals surface area contributed by atoms with Crippen LogP contribution in [0.5, 0.6) is 5.75 Å². The summed E-state index contributed by atoms with van der Waals surface area (Å²) in [4.78, 5) is 16.3. The van der Waals surface area contributed by atoms with Gasteiger partial charge >= 0.3 is 0 Å². The van der Waals surface area contributed by atoms with Crippen molar-refractivity contribution < 1.29 is 4.74 Å². The molecule has 0 fully saturated rings. The van der Waals surface area contributed by atoms with Gasteiger partial charge in [-0.25, -0.2) is 4.98 Å². The van der Waals surface area contributed by atoms with Gasteiger partial charge in [-0.3, -0.25) is 9.36 Å². The lowest BCUT2D eigenvalue weighted by molar-refractivity contribution is 0.407. The quantitative estimate of drug-likeness (QED) is 0.872. The van der Waals surface area contributed by atoms with Gasteiger partial charge in [0.1, 0.15) is 11.6 Å². The Morgan fingerprint density at radius 3 is 2.68 bits per heavy atom. The van der Waals surface area contributed by atoms with E-state index in [-0.39, 0.29) is 5.56 Å². The molecule has 2 aromatic rings. The largest absolute Gasteiger partial charge is 0.496 e. The number of aromatic nitrogens is 2. The lowest BCUT2D eigenvalue weighted by Gasteiger charge is -2.13. The van der Waals surface area contributed by atoms with E-state index in [0.29, 0.717) is 12.4 Å². The molecule has 1 aromatic heterocycles. The van der Waals surface area contributed by atoms with E-state index in [1.807, 2.05) is 32.0 Å². The summed E-state index contributed by atoms with van der Waals surface area (Å²) < 4.78 is 7.91. The zero-order chi connectivity index (χ0) is 14.0. The maximum absolute atomic E-state index is 12.0. The molecule has 1 aromatic carbocycles. The smallest absolute Gasteiger partial charge is 0.254 e. The van der Waals surface area contributed by atoms with Crippen molar-refractivity contribution in [3.63, 3.8) is 0 Å². The van der Waals surface area contributed by atoms with Crippen LogP contribution in [-0.2, 0) is 6.54 Å². The lowest BCUT2D eigenvalue weighted by atomic mass is 10.2. The molecular formula is C14H15BrN2O2. The highest BCUT2D eigenvalue weighted by atomic mass is 79.9. The van der Waals surface area contributed by atoms with Crippen molar-refractivity contribution in [1.29, 1.82) is 0 Å². The van der Waals surface area contributed by atoms with Crippen LogP contribution in [0.3, 0.4) is 0 Å². The summed E-state index contributed by atoms with van der Waals surface area (Å²) in [6.07, 6.45) is 0. The first-order valence-electron chi connectivity index (χ1n) is 5.89. The zero-order valence-electron chi connectivity index (χ0n) is 11.1. The molecule has 0 atom stereocenters. The van der Waals surface area contributed by atoms with E-state index in [9.17, 15) is 4.79 Å².